The molecule has 6 heteroatoms. The van der Waals surface area contributed by atoms with Crippen LogP contribution in [0.5, 0.6) is 0 Å². The number of hydrazine groups is 1. The van der Waals surface area contributed by atoms with Gasteiger partial charge in [0.2, 0.25) is 0 Å². The third-order valence-electron chi connectivity index (χ3n) is 1.23. The largest absolute Gasteiger partial charge is 0.480 e. The molecular formula is C7H12N2O4. The average Bonchev–Trinajstić information content (AvgIpc) is 2.04. The number of carboxylic acids is 1. The van der Waals surface area contributed by atoms with Gasteiger partial charge in [-0.3, -0.25) is 15.0 Å². The number of amides is 1. The van der Waals surface area contributed by atoms with Gasteiger partial charge in [0.15, 0.2) is 0 Å². The molecule has 0 rings (SSSR count). The van der Waals surface area contributed by atoms with E-state index in [0.29, 0.717) is 0 Å². The SMILES string of the molecule is C=C(C)C(=O)NNC(CO)C(=O)O. The lowest BCUT2D eigenvalue weighted by atomic mass is 10.3. The van der Waals surface area contributed by atoms with Gasteiger partial charge in [-0.25, -0.2) is 5.43 Å². The fourth-order valence-electron chi connectivity index (χ4n) is 0.445. The van der Waals surface area contributed by atoms with E-state index < -0.39 is 24.5 Å². The van der Waals surface area contributed by atoms with Crippen molar-refractivity contribution in [2.75, 3.05) is 6.61 Å². The molecule has 0 aromatic heterocycles. The zero-order valence-corrected chi connectivity index (χ0v) is 7.20. The van der Waals surface area contributed by atoms with Gasteiger partial charge in [0.25, 0.3) is 5.91 Å². The molecule has 0 saturated carbocycles. The summed E-state index contributed by atoms with van der Waals surface area (Å²) in [4.78, 5) is 21.2. The number of aliphatic carboxylic acids is 1. The lowest BCUT2D eigenvalue weighted by Gasteiger charge is -2.12. The Morgan fingerprint density at radius 1 is 1.54 bits per heavy atom. The summed E-state index contributed by atoms with van der Waals surface area (Å²) in [6, 6.07) is -1.21. The maximum atomic E-state index is 10.8. The fraction of sp³-hybridized carbons (Fsp3) is 0.429. The van der Waals surface area contributed by atoms with Gasteiger partial charge in [0.05, 0.1) is 6.61 Å². The number of carbonyl (C=O) groups excluding carboxylic acids is 1. The molecule has 0 aromatic rings. The molecule has 0 spiro atoms. The minimum atomic E-state index is -1.25. The van der Waals surface area contributed by atoms with E-state index in [1.54, 1.807) is 0 Å². The van der Waals surface area contributed by atoms with E-state index in [9.17, 15) is 9.59 Å². The van der Waals surface area contributed by atoms with Crippen molar-refractivity contribution < 1.29 is 19.8 Å². The molecule has 0 aliphatic heterocycles. The Morgan fingerprint density at radius 3 is 2.38 bits per heavy atom. The fourth-order valence-corrected chi connectivity index (χ4v) is 0.445. The van der Waals surface area contributed by atoms with Gasteiger partial charge in [0, 0.05) is 5.57 Å². The minimum absolute atomic E-state index is 0.245. The van der Waals surface area contributed by atoms with Crippen molar-refractivity contribution in [3.63, 3.8) is 0 Å². The molecule has 74 valence electrons. The number of carboxylic acid groups (broad SMARTS) is 1. The first-order valence-electron chi connectivity index (χ1n) is 3.54. The number of aliphatic hydroxyl groups is 1. The second-order valence-electron chi connectivity index (χ2n) is 2.45. The predicted octanol–water partition coefficient (Wildman–Crippen LogP) is -1.37. The van der Waals surface area contributed by atoms with Crippen LogP contribution in [0.1, 0.15) is 6.92 Å². The zero-order valence-electron chi connectivity index (χ0n) is 7.20. The van der Waals surface area contributed by atoms with Gasteiger partial charge in [-0.15, -0.1) is 0 Å². The van der Waals surface area contributed by atoms with Crippen molar-refractivity contribution in [3.05, 3.63) is 12.2 Å². The summed E-state index contributed by atoms with van der Waals surface area (Å²) < 4.78 is 0. The highest BCUT2D eigenvalue weighted by molar-refractivity contribution is 5.91. The van der Waals surface area contributed by atoms with Gasteiger partial charge in [-0.2, -0.15) is 0 Å². The summed E-state index contributed by atoms with van der Waals surface area (Å²) in [5, 5.41) is 17.0. The van der Waals surface area contributed by atoms with Crippen LogP contribution in [0.25, 0.3) is 0 Å². The summed E-state index contributed by atoms with van der Waals surface area (Å²) in [5.41, 5.74) is 4.47. The quantitative estimate of drug-likeness (QED) is 0.315. The molecule has 1 atom stereocenters. The molecule has 0 aliphatic carbocycles. The van der Waals surface area contributed by atoms with E-state index >= 15 is 0 Å². The van der Waals surface area contributed by atoms with Crippen molar-refractivity contribution in [2.24, 2.45) is 0 Å². The molecule has 0 fully saturated rings. The van der Waals surface area contributed by atoms with E-state index in [4.69, 9.17) is 10.2 Å². The van der Waals surface area contributed by atoms with Gasteiger partial charge in [0.1, 0.15) is 6.04 Å². The molecule has 0 aromatic carbocycles. The monoisotopic (exact) mass is 188 g/mol. The Bertz CT molecular complexity index is 227. The number of hydrogen-bond acceptors (Lipinski definition) is 4. The molecule has 1 unspecified atom stereocenters. The van der Waals surface area contributed by atoms with E-state index in [0.717, 1.165) is 0 Å². The number of rotatable bonds is 5. The van der Waals surface area contributed by atoms with Crippen molar-refractivity contribution in [3.8, 4) is 0 Å². The lowest BCUT2D eigenvalue weighted by molar-refractivity contribution is -0.141. The predicted molar refractivity (Wildman–Crippen MR) is 44.6 cm³/mol. The molecule has 0 radical (unpaired) electrons. The summed E-state index contributed by atoms with van der Waals surface area (Å²) >= 11 is 0. The molecule has 4 N–H and O–H groups in total. The molecule has 0 saturated heterocycles. The van der Waals surface area contributed by atoms with Gasteiger partial charge in [-0.05, 0) is 6.92 Å². The van der Waals surface area contributed by atoms with Crippen LogP contribution in [0.3, 0.4) is 0 Å². The highest BCUT2D eigenvalue weighted by Gasteiger charge is 2.15. The Kier molecular flexibility index (Phi) is 4.71. The van der Waals surface area contributed by atoms with Crippen LogP contribution >= 0.6 is 0 Å². The van der Waals surface area contributed by atoms with Crippen LogP contribution in [0.2, 0.25) is 0 Å². The Hall–Kier alpha value is -1.40. The first-order valence-corrected chi connectivity index (χ1v) is 3.54. The van der Waals surface area contributed by atoms with Crippen molar-refractivity contribution in [2.45, 2.75) is 13.0 Å². The number of nitrogens with one attached hydrogen (secondary N) is 2. The van der Waals surface area contributed by atoms with Crippen LogP contribution in [-0.2, 0) is 9.59 Å². The number of aliphatic hydroxyl groups excluding tert-OH is 1. The van der Waals surface area contributed by atoms with E-state index in [1.807, 2.05) is 0 Å². The standard InChI is InChI=1S/C7H12N2O4/c1-4(2)6(11)9-8-5(3-10)7(12)13/h5,8,10H,1,3H2,2H3,(H,9,11)(H,12,13). The van der Waals surface area contributed by atoms with Gasteiger partial charge >= 0.3 is 5.97 Å². The maximum absolute atomic E-state index is 10.8. The van der Waals surface area contributed by atoms with Crippen LogP contribution in [-0.4, -0.2) is 34.7 Å². The lowest BCUT2D eigenvalue weighted by Crippen LogP contribution is -2.50. The first kappa shape index (κ1) is 11.6. The first-order chi connectivity index (χ1) is 5.99. The van der Waals surface area contributed by atoms with Crippen LogP contribution in [0.15, 0.2) is 12.2 Å². The summed E-state index contributed by atoms with van der Waals surface area (Å²) in [7, 11) is 0. The van der Waals surface area contributed by atoms with Crippen molar-refractivity contribution >= 4 is 11.9 Å². The maximum Gasteiger partial charge on any atom is 0.324 e. The average molecular weight is 188 g/mol. The highest BCUT2D eigenvalue weighted by atomic mass is 16.4. The van der Waals surface area contributed by atoms with Gasteiger partial charge in [-0.1, -0.05) is 6.58 Å². The number of hydrogen-bond donors (Lipinski definition) is 4. The van der Waals surface area contributed by atoms with Crippen molar-refractivity contribution in [1.82, 2.24) is 10.9 Å². The number of carbonyl (C=O) groups is 2. The summed E-state index contributed by atoms with van der Waals surface area (Å²) in [6.45, 7) is 4.21. The molecule has 0 aliphatic rings. The Balaban J connectivity index is 3.92. The Morgan fingerprint density at radius 2 is 2.08 bits per heavy atom. The molecule has 0 heterocycles. The normalized spacial score (nSPS) is 11.8. The zero-order chi connectivity index (χ0) is 10.4. The Labute approximate surface area is 75.2 Å². The third-order valence-corrected chi connectivity index (χ3v) is 1.23. The summed E-state index contributed by atoms with van der Waals surface area (Å²) in [5.74, 6) is -1.76. The highest BCUT2D eigenvalue weighted by Crippen LogP contribution is 1.85. The molecule has 0 bridgehead atoms. The second-order valence-corrected chi connectivity index (χ2v) is 2.45. The third kappa shape index (κ3) is 4.24. The van der Waals surface area contributed by atoms with Gasteiger partial charge < -0.3 is 10.2 Å². The topological polar surface area (TPSA) is 98.7 Å². The smallest absolute Gasteiger partial charge is 0.324 e. The van der Waals surface area contributed by atoms with Crippen LogP contribution < -0.4 is 10.9 Å². The van der Waals surface area contributed by atoms with E-state index in [2.05, 4.69) is 17.4 Å². The van der Waals surface area contributed by atoms with Crippen LogP contribution in [0.4, 0.5) is 0 Å². The molecular weight excluding hydrogens is 176 g/mol. The van der Waals surface area contributed by atoms with E-state index in [-0.39, 0.29) is 5.57 Å². The minimum Gasteiger partial charge on any atom is -0.480 e. The van der Waals surface area contributed by atoms with Crippen molar-refractivity contribution in [1.29, 1.82) is 0 Å². The van der Waals surface area contributed by atoms with Crippen LogP contribution in [0, 0.1) is 0 Å². The second kappa shape index (κ2) is 5.28. The van der Waals surface area contributed by atoms with E-state index in [1.165, 1.54) is 6.92 Å². The molecule has 6 nitrogen and oxygen atoms in total. The molecule has 13 heavy (non-hydrogen) atoms. The summed E-state index contributed by atoms with van der Waals surface area (Å²) in [6.07, 6.45) is 0. The molecule has 1 amide bonds.